The number of hydrogen-bond acceptors (Lipinski definition) is 0. The summed E-state index contributed by atoms with van der Waals surface area (Å²) >= 11 is 0. The molecule has 0 unspecified atom stereocenters. The van der Waals surface area contributed by atoms with E-state index in [0.717, 1.165) is 12.8 Å². The molecular formula is C12H24. The van der Waals surface area contributed by atoms with Crippen LogP contribution in [0.5, 0.6) is 0 Å². The lowest BCUT2D eigenvalue weighted by Gasteiger charge is -2.01. The molecule has 0 aliphatic rings. The summed E-state index contributed by atoms with van der Waals surface area (Å²) in [7, 11) is 0. The molecule has 0 saturated carbocycles. The van der Waals surface area contributed by atoms with Crippen molar-refractivity contribution in [1.29, 1.82) is 0 Å². The molecule has 0 heterocycles. The van der Waals surface area contributed by atoms with Gasteiger partial charge in [-0.2, -0.15) is 0 Å². The van der Waals surface area contributed by atoms with Crippen LogP contribution in [0.4, 0.5) is 0 Å². The number of hydrogen-bond donors (Lipinski definition) is 0. The predicted molar refractivity (Wildman–Crippen MR) is 57.4 cm³/mol. The van der Waals surface area contributed by atoms with E-state index >= 15 is 0 Å². The van der Waals surface area contributed by atoms with Crippen LogP contribution in [0, 0.1) is 0 Å². The van der Waals surface area contributed by atoms with Crippen LogP contribution < -0.4 is 0 Å². The first-order valence-corrected chi connectivity index (χ1v) is 5.41. The van der Waals surface area contributed by atoms with E-state index in [1.165, 1.54) is 50.7 Å². The van der Waals surface area contributed by atoms with Gasteiger partial charge in [-0.15, -0.1) is 0 Å². The minimum Gasteiger partial charge on any atom is -0.0999 e. The molecule has 0 heteroatoms. The maximum atomic E-state index is 7.14. The van der Waals surface area contributed by atoms with Crippen molar-refractivity contribution in [2.24, 2.45) is 0 Å². The van der Waals surface area contributed by atoms with Crippen LogP contribution in [-0.2, 0) is 0 Å². The summed E-state index contributed by atoms with van der Waals surface area (Å²) in [5.41, 5.74) is 1.30. The van der Waals surface area contributed by atoms with E-state index in [-0.39, 0.29) is 0 Å². The van der Waals surface area contributed by atoms with E-state index in [1.54, 1.807) is 0 Å². The van der Waals surface area contributed by atoms with Crippen molar-refractivity contribution in [2.75, 3.05) is 0 Å². The fourth-order valence-corrected chi connectivity index (χ4v) is 1.31. The molecule has 0 atom stereocenters. The van der Waals surface area contributed by atoms with Gasteiger partial charge >= 0.3 is 0 Å². The van der Waals surface area contributed by atoms with Crippen LogP contribution in [0.1, 0.15) is 66.6 Å². The Morgan fingerprint density at radius 1 is 1.08 bits per heavy atom. The molecule has 0 aromatic rings. The average Bonchev–Trinajstić information content (AvgIpc) is 2.17. The zero-order valence-electron chi connectivity index (χ0n) is 9.73. The second kappa shape index (κ2) is 8.83. The normalized spacial score (nSPS) is 13.2. The summed E-state index contributed by atoms with van der Waals surface area (Å²) < 4.78 is 7.14. The van der Waals surface area contributed by atoms with Gasteiger partial charge in [0.2, 0.25) is 0 Å². The maximum Gasteiger partial charge on any atom is 0.0537 e. The van der Waals surface area contributed by atoms with Crippen molar-refractivity contribution in [3.63, 3.8) is 0 Å². The smallest absolute Gasteiger partial charge is 0.0537 e. The standard InChI is InChI=1S/C12H24/c1-4-6-7-8-9-10-11-12(3)5-2/h3-11H2,1-2H3/i3D. The Morgan fingerprint density at radius 3 is 2.33 bits per heavy atom. The topological polar surface area (TPSA) is 0 Å². The summed E-state index contributed by atoms with van der Waals surface area (Å²) in [4.78, 5) is 0. The van der Waals surface area contributed by atoms with Crippen LogP contribution in [0.15, 0.2) is 12.1 Å². The van der Waals surface area contributed by atoms with Gasteiger partial charge in [0.05, 0.1) is 1.37 Å². The van der Waals surface area contributed by atoms with Gasteiger partial charge in [0.1, 0.15) is 0 Å². The van der Waals surface area contributed by atoms with Crippen molar-refractivity contribution >= 4 is 0 Å². The zero-order chi connectivity index (χ0) is 9.94. The highest BCUT2D eigenvalue weighted by atomic mass is 14.0. The number of unbranched alkanes of at least 4 members (excludes halogenated alkanes) is 5. The zero-order valence-corrected chi connectivity index (χ0v) is 8.73. The van der Waals surface area contributed by atoms with Crippen LogP contribution in [0.3, 0.4) is 0 Å². The van der Waals surface area contributed by atoms with E-state index in [4.69, 9.17) is 1.37 Å². The molecule has 0 N–H and O–H groups in total. The molecule has 0 saturated heterocycles. The molecule has 0 aliphatic heterocycles. The summed E-state index contributed by atoms with van der Waals surface area (Å²) in [5.74, 6) is 0. The van der Waals surface area contributed by atoms with Crippen molar-refractivity contribution in [3.05, 3.63) is 12.1 Å². The second-order valence-corrected chi connectivity index (χ2v) is 3.53. The molecule has 0 aliphatic carbocycles. The first kappa shape index (κ1) is 9.83. The van der Waals surface area contributed by atoms with Crippen LogP contribution in [0.2, 0.25) is 0 Å². The first-order valence-electron chi connectivity index (χ1n) is 5.99. The first-order chi connectivity index (χ1) is 6.35. The van der Waals surface area contributed by atoms with Crippen molar-refractivity contribution in [3.8, 4) is 0 Å². The fraction of sp³-hybridized carbons (Fsp3) is 0.833. The lowest BCUT2D eigenvalue weighted by atomic mass is 10.1. The number of allylic oxidation sites excluding steroid dienone is 1. The van der Waals surface area contributed by atoms with Gasteiger partial charge in [-0.25, -0.2) is 0 Å². The lowest BCUT2D eigenvalue weighted by Crippen LogP contribution is -1.81. The van der Waals surface area contributed by atoms with Gasteiger partial charge in [0, 0.05) is 0 Å². The van der Waals surface area contributed by atoms with Crippen LogP contribution in [-0.4, -0.2) is 0 Å². The largest absolute Gasteiger partial charge is 0.0999 e. The second-order valence-electron chi connectivity index (χ2n) is 3.53. The molecule has 0 amide bonds. The van der Waals surface area contributed by atoms with Gasteiger partial charge in [-0.3, -0.25) is 0 Å². The molecule has 0 radical (unpaired) electrons. The van der Waals surface area contributed by atoms with Crippen LogP contribution in [0.25, 0.3) is 0 Å². The molecular weight excluding hydrogens is 144 g/mol. The fourth-order valence-electron chi connectivity index (χ4n) is 1.31. The molecule has 0 fully saturated rings. The molecule has 0 nitrogen and oxygen atoms in total. The molecule has 0 spiro atoms. The SMILES string of the molecule is [2H]C=C(CC)CCCCCCCC. The molecule has 0 bridgehead atoms. The minimum atomic E-state index is 1.05. The summed E-state index contributed by atoms with van der Waals surface area (Å²) in [6.45, 7) is 5.92. The quantitative estimate of drug-likeness (QED) is 0.365. The minimum absolute atomic E-state index is 1.05. The molecule has 0 rings (SSSR count). The third-order valence-corrected chi connectivity index (χ3v) is 2.31. The van der Waals surface area contributed by atoms with Gasteiger partial charge in [0.25, 0.3) is 0 Å². The maximum absolute atomic E-state index is 7.14. The Balaban J connectivity index is 3.15. The van der Waals surface area contributed by atoms with Crippen molar-refractivity contribution < 1.29 is 1.37 Å². The average molecular weight is 169 g/mol. The summed E-state index contributed by atoms with van der Waals surface area (Å²) in [6, 6.07) is 0. The third-order valence-electron chi connectivity index (χ3n) is 2.31. The van der Waals surface area contributed by atoms with E-state index in [1.807, 2.05) is 0 Å². The highest BCUT2D eigenvalue weighted by molar-refractivity contribution is 4.91. The highest BCUT2D eigenvalue weighted by Crippen LogP contribution is 2.12. The van der Waals surface area contributed by atoms with E-state index in [2.05, 4.69) is 13.8 Å². The molecule has 0 aromatic carbocycles. The Bertz CT molecular complexity index is 127. The van der Waals surface area contributed by atoms with Crippen molar-refractivity contribution in [2.45, 2.75) is 65.2 Å². The van der Waals surface area contributed by atoms with Gasteiger partial charge in [0.15, 0.2) is 0 Å². The molecule has 72 valence electrons. The van der Waals surface area contributed by atoms with E-state index in [9.17, 15) is 0 Å². The Morgan fingerprint density at radius 2 is 1.75 bits per heavy atom. The summed E-state index contributed by atoms with van der Waals surface area (Å²) in [6.07, 6.45) is 10.3. The molecule has 12 heavy (non-hydrogen) atoms. The van der Waals surface area contributed by atoms with Crippen LogP contribution >= 0.6 is 0 Å². The number of rotatable bonds is 8. The Hall–Kier alpha value is -0.260. The van der Waals surface area contributed by atoms with Gasteiger partial charge in [-0.1, -0.05) is 58.1 Å². The Labute approximate surface area is 79.5 Å². The van der Waals surface area contributed by atoms with E-state index in [0.29, 0.717) is 0 Å². The van der Waals surface area contributed by atoms with Gasteiger partial charge in [-0.05, 0) is 19.3 Å². The Kier molecular flexibility index (Phi) is 7.23. The monoisotopic (exact) mass is 169 g/mol. The van der Waals surface area contributed by atoms with Crippen molar-refractivity contribution in [1.82, 2.24) is 0 Å². The predicted octanol–water partition coefficient (Wildman–Crippen LogP) is 4.70. The lowest BCUT2D eigenvalue weighted by molar-refractivity contribution is 0.604. The summed E-state index contributed by atoms with van der Waals surface area (Å²) in [5, 5.41) is 0. The third kappa shape index (κ3) is 7.84. The molecule has 0 aromatic heterocycles. The highest BCUT2D eigenvalue weighted by Gasteiger charge is 1.92. The van der Waals surface area contributed by atoms with E-state index < -0.39 is 0 Å². The van der Waals surface area contributed by atoms with Gasteiger partial charge < -0.3 is 0 Å².